The van der Waals surface area contributed by atoms with Crippen molar-refractivity contribution in [2.75, 3.05) is 4.90 Å². The highest BCUT2D eigenvalue weighted by molar-refractivity contribution is 5.89. The Morgan fingerprint density at radius 1 is 1.09 bits per heavy atom. The summed E-state index contributed by atoms with van der Waals surface area (Å²) < 4.78 is 5.64. The number of para-hydroxylation sites is 1. The largest absolute Gasteiger partial charge is 0.465 e. The quantitative estimate of drug-likeness (QED) is 0.605. The van der Waals surface area contributed by atoms with Crippen LogP contribution in [0.1, 0.15) is 36.9 Å². The highest BCUT2D eigenvalue weighted by atomic mass is 16.6. The molecule has 3 aromatic rings. The number of aryl methyl sites for hydroxylation is 1. The Kier molecular flexibility index (Phi) is 6.49. The summed E-state index contributed by atoms with van der Waals surface area (Å²) in [5, 5.41) is 12.6. The molecule has 1 heterocycles. The van der Waals surface area contributed by atoms with Crippen molar-refractivity contribution >= 4 is 29.0 Å². The van der Waals surface area contributed by atoms with Gasteiger partial charge in [-0.05, 0) is 44.2 Å². The van der Waals surface area contributed by atoms with E-state index in [9.17, 15) is 9.59 Å². The molecule has 1 aliphatic carbocycles. The standard InChI is InChI=1S/C24H26N4O4/c1-16-20-12-5-6-13-21(20)27-22(25-16)28(19-11-7-10-18(14-19)26-23(29)30)24(31)32-15-17-8-3-2-4-9-17/h2-6,8-9,12-13,18-19,26H,7,10-11,14-15H2,1H3,(H,29,30)/t18-,19-/m1/s1. The lowest BCUT2D eigenvalue weighted by Crippen LogP contribution is -2.49. The molecular weight excluding hydrogens is 408 g/mol. The molecule has 0 saturated heterocycles. The van der Waals surface area contributed by atoms with Crippen LogP contribution in [0.25, 0.3) is 10.9 Å². The van der Waals surface area contributed by atoms with Gasteiger partial charge in [0.25, 0.3) is 0 Å². The lowest BCUT2D eigenvalue weighted by molar-refractivity contribution is 0.141. The van der Waals surface area contributed by atoms with Crippen LogP contribution in [0.2, 0.25) is 0 Å². The zero-order valence-electron chi connectivity index (χ0n) is 17.9. The minimum atomic E-state index is -1.06. The average Bonchev–Trinajstić information content (AvgIpc) is 2.78. The van der Waals surface area contributed by atoms with Crippen LogP contribution in [0.15, 0.2) is 54.6 Å². The predicted molar refractivity (Wildman–Crippen MR) is 121 cm³/mol. The Morgan fingerprint density at radius 3 is 2.62 bits per heavy atom. The molecule has 2 aromatic carbocycles. The van der Waals surface area contributed by atoms with E-state index in [2.05, 4.69) is 15.3 Å². The molecule has 0 radical (unpaired) electrons. The van der Waals surface area contributed by atoms with Crippen LogP contribution in [-0.2, 0) is 11.3 Å². The van der Waals surface area contributed by atoms with Gasteiger partial charge in [-0.1, -0.05) is 48.5 Å². The van der Waals surface area contributed by atoms with E-state index in [1.165, 1.54) is 4.90 Å². The number of hydrogen-bond donors (Lipinski definition) is 2. The summed E-state index contributed by atoms with van der Waals surface area (Å²) in [7, 11) is 0. The van der Waals surface area contributed by atoms with Crippen molar-refractivity contribution < 1.29 is 19.4 Å². The number of nitrogens with zero attached hydrogens (tertiary/aromatic N) is 3. The maximum Gasteiger partial charge on any atom is 0.417 e. The number of hydrogen-bond acceptors (Lipinski definition) is 5. The Balaban J connectivity index is 1.64. The first-order valence-electron chi connectivity index (χ1n) is 10.7. The normalized spacial score (nSPS) is 18.2. The van der Waals surface area contributed by atoms with Crippen molar-refractivity contribution in [3.8, 4) is 0 Å². The number of rotatable bonds is 5. The number of ether oxygens (including phenoxy) is 1. The molecule has 0 aliphatic heterocycles. The minimum absolute atomic E-state index is 0.131. The van der Waals surface area contributed by atoms with Gasteiger partial charge >= 0.3 is 12.2 Å². The van der Waals surface area contributed by atoms with E-state index >= 15 is 0 Å². The second kappa shape index (κ2) is 9.64. The Bertz CT molecular complexity index is 1110. The van der Waals surface area contributed by atoms with Crippen molar-refractivity contribution in [2.24, 2.45) is 0 Å². The van der Waals surface area contributed by atoms with Crippen LogP contribution in [0.5, 0.6) is 0 Å². The molecular formula is C24H26N4O4. The number of benzene rings is 2. The molecule has 0 spiro atoms. The summed E-state index contributed by atoms with van der Waals surface area (Å²) in [5.41, 5.74) is 2.39. The fraction of sp³-hybridized carbons (Fsp3) is 0.333. The molecule has 1 saturated carbocycles. The summed E-state index contributed by atoms with van der Waals surface area (Å²) >= 11 is 0. The number of fused-ring (bicyclic) bond motifs is 1. The van der Waals surface area contributed by atoms with E-state index in [-0.39, 0.29) is 24.6 Å². The third-order valence-electron chi connectivity index (χ3n) is 5.74. The first kappa shape index (κ1) is 21.5. The zero-order valence-corrected chi connectivity index (χ0v) is 17.9. The van der Waals surface area contributed by atoms with E-state index in [0.29, 0.717) is 12.8 Å². The number of aromatic nitrogens is 2. The third-order valence-corrected chi connectivity index (χ3v) is 5.74. The Morgan fingerprint density at radius 2 is 1.84 bits per heavy atom. The van der Waals surface area contributed by atoms with Crippen LogP contribution >= 0.6 is 0 Å². The number of carbonyl (C=O) groups excluding carboxylic acids is 1. The molecule has 1 aliphatic rings. The summed E-state index contributed by atoms with van der Waals surface area (Å²) in [6.07, 6.45) is 1.10. The fourth-order valence-electron chi connectivity index (χ4n) is 4.21. The van der Waals surface area contributed by atoms with Gasteiger partial charge in [-0.3, -0.25) is 0 Å². The molecule has 166 valence electrons. The van der Waals surface area contributed by atoms with Crippen molar-refractivity contribution in [1.82, 2.24) is 15.3 Å². The van der Waals surface area contributed by atoms with Gasteiger partial charge in [-0.2, -0.15) is 0 Å². The molecule has 2 atom stereocenters. The highest BCUT2D eigenvalue weighted by Crippen LogP contribution is 2.28. The average molecular weight is 434 g/mol. The predicted octanol–water partition coefficient (Wildman–Crippen LogP) is 4.66. The van der Waals surface area contributed by atoms with Gasteiger partial charge in [0.05, 0.1) is 11.2 Å². The molecule has 2 amide bonds. The molecule has 2 N–H and O–H groups in total. The summed E-state index contributed by atoms with van der Waals surface area (Å²) in [6, 6.07) is 16.6. The smallest absolute Gasteiger partial charge is 0.417 e. The van der Waals surface area contributed by atoms with Crippen LogP contribution < -0.4 is 10.2 Å². The molecule has 32 heavy (non-hydrogen) atoms. The Labute approximate surface area is 186 Å². The first-order valence-corrected chi connectivity index (χ1v) is 10.7. The van der Waals surface area contributed by atoms with Crippen molar-refractivity contribution in [3.63, 3.8) is 0 Å². The lowest BCUT2D eigenvalue weighted by Gasteiger charge is -2.35. The summed E-state index contributed by atoms with van der Waals surface area (Å²) in [6.45, 7) is 2.02. The van der Waals surface area contributed by atoms with Crippen molar-refractivity contribution in [3.05, 3.63) is 65.9 Å². The van der Waals surface area contributed by atoms with Crippen molar-refractivity contribution in [1.29, 1.82) is 0 Å². The molecule has 1 aromatic heterocycles. The second-order valence-electron chi connectivity index (χ2n) is 8.00. The van der Waals surface area contributed by atoms with Crippen molar-refractivity contribution in [2.45, 2.75) is 51.3 Å². The van der Waals surface area contributed by atoms with E-state index in [1.54, 1.807) is 0 Å². The van der Waals surface area contributed by atoms with E-state index in [1.807, 2.05) is 61.5 Å². The third kappa shape index (κ3) is 4.96. The van der Waals surface area contributed by atoms with Gasteiger partial charge in [0.1, 0.15) is 6.61 Å². The van der Waals surface area contributed by atoms with Gasteiger partial charge in [-0.15, -0.1) is 0 Å². The van der Waals surface area contributed by atoms with E-state index in [0.717, 1.165) is 35.0 Å². The Hall–Kier alpha value is -3.68. The van der Waals surface area contributed by atoms with E-state index < -0.39 is 12.2 Å². The van der Waals surface area contributed by atoms with Gasteiger partial charge in [0.15, 0.2) is 0 Å². The number of anilines is 1. The molecule has 8 nitrogen and oxygen atoms in total. The molecule has 0 bridgehead atoms. The van der Waals surface area contributed by atoms with Crippen LogP contribution in [-0.4, -0.2) is 39.3 Å². The molecule has 4 rings (SSSR count). The lowest BCUT2D eigenvalue weighted by atomic mass is 9.90. The molecule has 8 heteroatoms. The van der Waals surface area contributed by atoms with Gasteiger partial charge < -0.3 is 15.2 Å². The minimum Gasteiger partial charge on any atom is -0.465 e. The van der Waals surface area contributed by atoms with Crippen LogP contribution in [0, 0.1) is 6.92 Å². The first-order chi connectivity index (χ1) is 15.5. The number of nitrogens with one attached hydrogen (secondary N) is 1. The number of carbonyl (C=O) groups is 2. The van der Waals surface area contributed by atoms with E-state index in [4.69, 9.17) is 9.84 Å². The monoisotopic (exact) mass is 434 g/mol. The second-order valence-corrected chi connectivity index (χ2v) is 8.00. The summed E-state index contributed by atoms with van der Waals surface area (Å²) in [5.74, 6) is 0.278. The van der Waals surface area contributed by atoms with Crippen LogP contribution in [0.4, 0.5) is 15.5 Å². The van der Waals surface area contributed by atoms with Gasteiger partial charge in [0.2, 0.25) is 5.95 Å². The summed E-state index contributed by atoms with van der Waals surface area (Å²) in [4.78, 5) is 35.2. The number of carboxylic acid groups (broad SMARTS) is 1. The molecule has 0 unspecified atom stereocenters. The highest BCUT2D eigenvalue weighted by Gasteiger charge is 2.34. The fourth-order valence-corrected chi connectivity index (χ4v) is 4.21. The molecule has 1 fully saturated rings. The SMILES string of the molecule is Cc1nc(N(C(=O)OCc2ccccc2)[C@@H]2CCC[C@@H](NC(=O)O)C2)nc2ccccc12. The number of amides is 2. The van der Waals surface area contributed by atoms with Crippen LogP contribution in [0.3, 0.4) is 0 Å². The zero-order chi connectivity index (χ0) is 22.5. The maximum absolute atomic E-state index is 13.3. The van der Waals surface area contributed by atoms with Gasteiger partial charge in [0, 0.05) is 17.5 Å². The maximum atomic E-state index is 13.3. The topological polar surface area (TPSA) is 105 Å². The van der Waals surface area contributed by atoms with Gasteiger partial charge in [-0.25, -0.2) is 24.5 Å².